The molecule has 0 saturated carbocycles. The van der Waals surface area contributed by atoms with E-state index in [0.717, 1.165) is 0 Å². The van der Waals surface area contributed by atoms with E-state index >= 15 is 0 Å². The molecule has 0 aliphatic carbocycles. The molecular weight excluding hydrogens is 422 g/mol. The number of anilines is 1. The number of benzene rings is 2. The number of imide groups is 1. The number of nitrogens with zero attached hydrogens (tertiary/aromatic N) is 3. The molecule has 8 heteroatoms. The van der Waals surface area contributed by atoms with E-state index in [0.29, 0.717) is 41.1 Å². The van der Waals surface area contributed by atoms with Crippen molar-refractivity contribution in [1.82, 2.24) is 4.90 Å². The largest absolute Gasteiger partial charge is 0.497 e. The van der Waals surface area contributed by atoms with Crippen molar-refractivity contribution in [3.63, 3.8) is 0 Å². The van der Waals surface area contributed by atoms with E-state index in [9.17, 15) is 19.2 Å². The highest BCUT2D eigenvalue weighted by molar-refractivity contribution is 6.25. The van der Waals surface area contributed by atoms with Crippen molar-refractivity contribution in [2.24, 2.45) is 11.0 Å². The zero-order valence-electron chi connectivity index (χ0n) is 18.8. The summed E-state index contributed by atoms with van der Waals surface area (Å²) in [6.45, 7) is 3.17. The number of Topliss-reactive ketones (excluding diaryl/α,β-unsaturated/α-hetero) is 2. The first-order valence-corrected chi connectivity index (χ1v) is 10.8. The van der Waals surface area contributed by atoms with E-state index in [1.807, 2.05) is 0 Å². The molecule has 8 nitrogen and oxygen atoms in total. The minimum absolute atomic E-state index is 0.0157. The van der Waals surface area contributed by atoms with Crippen LogP contribution in [-0.4, -0.2) is 53.7 Å². The molecule has 4 rings (SSSR count). The van der Waals surface area contributed by atoms with Gasteiger partial charge in [0.1, 0.15) is 23.5 Å². The van der Waals surface area contributed by atoms with Crippen LogP contribution in [0.3, 0.4) is 0 Å². The van der Waals surface area contributed by atoms with Gasteiger partial charge in [-0.3, -0.25) is 24.3 Å². The molecular formula is C25H25N3O5. The molecule has 1 fully saturated rings. The highest BCUT2D eigenvalue weighted by Gasteiger charge is 2.56. The lowest BCUT2D eigenvalue weighted by Crippen LogP contribution is -2.39. The van der Waals surface area contributed by atoms with Crippen LogP contribution in [0.5, 0.6) is 5.75 Å². The molecule has 2 atom stereocenters. The molecule has 0 N–H and O–H groups in total. The van der Waals surface area contributed by atoms with E-state index in [4.69, 9.17) is 4.74 Å². The van der Waals surface area contributed by atoms with E-state index in [1.54, 1.807) is 60.6 Å². The van der Waals surface area contributed by atoms with Gasteiger partial charge in [0.05, 0.1) is 18.5 Å². The first-order chi connectivity index (χ1) is 15.8. The Kier molecular flexibility index (Phi) is 6.09. The van der Waals surface area contributed by atoms with Gasteiger partial charge in [0.2, 0.25) is 5.91 Å². The quantitative estimate of drug-likeness (QED) is 0.456. The number of fused-ring (bicyclic) bond motifs is 1. The predicted molar refractivity (Wildman–Crippen MR) is 122 cm³/mol. The zero-order chi connectivity index (χ0) is 23.7. The lowest BCUT2D eigenvalue weighted by Gasteiger charge is -2.22. The number of hydrazone groups is 1. The van der Waals surface area contributed by atoms with Crippen LogP contribution in [0.1, 0.15) is 42.6 Å². The summed E-state index contributed by atoms with van der Waals surface area (Å²) in [5.41, 5.74) is 2.38. The van der Waals surface area contributed by atoms with Crippen molar-refractivity contribution in [3.05, 3.63) is 59.7 Å². The maximum absolute atomic E-state index is 13.3. The molecule has 0 aromatic heterocycles. The van der Waals surface area contributed by atoms with Crippen molar-refractivity contribution in [2.75, 3.05) is 18.7 Å². The minimum atomic E-state index is -0.800. The molecule has 2 unspecified atom stereocenters. The molecule has 2 heterocycles. The van der Waals surface area contributed by atoms with Gasteiger partial charge in [-0.25, -0.2) is 0 Å². The van der Waals surface area contributed by atoms with Crippen molar-refractivity contribution in [2.45, 2.75) is 32.7 Å². The van der Waals surface area contributed by atoms with Crippen LogP contribution in [0.15, 0.2) is 53.6 Å². The summed E-state index contributed by atoms with van der Waals surface area (Å²) in [5, 5.41) is 6.28. The number of carbonyl (C=O) groups is 4. The lowest BCUT2D eigenvalue weighted by molar-refractivity contribution is -0.139. The van der Waals surface area contributed by atoms with Gasteiger partial charge in [0.25, 0.3) is 5.91 Å². The number of carbonyl (C=O) groups excluding carboxylic acids is 4. The molecule has 0 radical (unpaired) electrons. The summed E-state index contributed by atoms with van der Waals surface area (Å²) in [7, 11) is 1.57. The lowest BCUT2D eigenvalue weighted by atomic mass is 9.92. The maximum Gasteiger partial charge on any atom is 0.255 e. The number of hydrogen-bond acceptors (Lipinski definition) is 7. The zero-order valence-corrected chi connectivity index (χ0v) is 18.8. The van der Waals surface area contributed by atoms with E-state index in [2.05, 4.69) is 5.10 Å². The number of likely N-dealkylation sites (tertiary alicyclic amines) is 1. The van der Waals surface area contributed by atoms with Crippen molar-refractivity contribution in [3.8, 4) is 5.75 Å². The van der Waals surface area contributed by atoms with Gasteiger partial charge in [-0.2, -0.15) is 5.10 Å². The fraction of sp³-hybridized carbons (Fsp3) is 0.320. The molecule has 1 saturated heterocycles. The van der Waals surface area contributed by atoms with Gasteiger partial charge in [-0.05, 0) is 50.1 Å². The monoisotopic (exact) mass is 447 g/mol. The molecule has 33 heavy (non-hydrogen) atoms. The fourth-order valence-electron chi connectivity index (χ4n) is 4.24. The first kappa shape index (κ1) is 22.4. The Morgan fingerprint density at radius 1 is 0.970 bits per heavy atom. The van der Waals surface area contributed by atoms with Gasteiger partial charge in [0, 0.05) is 18.5 Å². The van der Waals surface area contributed by atoms with Crippen LogP contribution < -0.4 is 9.75 Å². The molecule has 2 aliphatic heterocycles. The van der Waals surface area contributed by atoms with Gasteiger partial charge < -0.3 is 9.53 Å². The first-order valence-electron chi connectivity index (χ1n) is 10.8. The molecule has 0 bridgehead atoms. The fourth-order valence-corrected chi connectivity index (χ4v) is 4.24. The third-order valence-corrected chi connectivity index (χ3v) is 5.98. The van der Waals surface area contributed by atoms with Crippen LogP contribution in [0, 0.1) is 5.92 Å². The van der Waals surface area contributed by atoms with E-state index in [-0.39, 0.29) is 29.9 Å². The Hall–Kier alpha value is -3.81. The normalized spacial score (nSPS) is 19.5. The average Bonchev–Trinajstić information content (AvgIpc) is 3.31. The van der Waals surface area contributed by atoms with Crippen molar-refractivity contribution >= 4 is 34.8 Å². The molecule has 2 aliphatic rings. The second-order valence-electron chi connectivity index (χ2n) is 8.22. The maximum atomic E-state index is 13.3. The number of rotatable bonds is 8. The highest BCUT2D eigenvalue weighted by atomic mass is 16.5. The summed E-state index contributed by atoms with van der Waals surface area (Å²) in [4.78, 5) is 50.9. The summed E-state index contributed by atoms with van der Waals surface area (Å²) in [6.07, 6.45) is 0.733. The standard InChI is InChI=1S/C25H25N3O5/c1-15(29)5-4-14-27-24(31)21-22(18-8-6-17(7-9-18)16(2)30)26-28(23(21)25(27)32)19-10-12-20(33-3)13-11-19/h6-13,21,23H,4-5,14H2,1-3H3. The third-order valence-electron chi connectivity index (χ3n) is 5.98. The van der Waals surface area contributed by atoms with E-state index < -0.39 is 12.0 Å². The molecule has 2 amide bonds. The Balaban J connectivity index is 1.71. The summed E-state index contributed by atoms with van der Waals surface area (Å²) >= 11 is 0. The van der Waals surface area contributed by atoms with Gasteiger partial charge in [-0.15, -0.1) is 0 Å². The van der Waals surface area contributed by atoms with Crippen LogP contribution in [0.2, 0.25) is 0 Å². The van der Waals surface area contributed by atoms with Crippen LogP contribution in [-0.2, 0) is 14.4 Å². The average molecular weight is 447 g/mol. The van der Waals surface area contributed by atoms with Crippen LogP contribution in [0.25, 0.3) is 0 Å². The van der Waals surface area contributed by atoms with Gasteiger partial charge >= 0.3 is 0 Å². The second-order valence-corrected chi connectivity index (χ2v) is 8.22. The van der Waals surface area contributed by atoms with Crippen molar-refractivity contribution in [1.29, 1.82) is 0 Å². The van der Waals surface area contributed by atoms with Crippen LogP contribution >= 0.6 is 0 Å². The Morgan fingerprint density at radius 2 is 1.64 bits per heavy atom. The molecule has 170 valence electrons. The molecule has 2 aromatic rings. The smallest absolute Gasteiger partial charge is 0.255 e. The number of hydrogen-bond donors (Lipinski definition) is 0. The Bertz CT molecular complexity index is 1140. The Labute approximate surface area is 191 Å². The van der Waals surface area contributed by atoms with Gasteiger partial charge in [-0.1, -0.05) is 24.3 Å². The minimum Gasteiger partial charge on any atom is -0.497 e. The second kappa shape index (κ2) is 8.97. The van der Waals surface area contributed by atoms with Crippen molar-refractivity contribution < 1.29 is 23.9 Å². The molecule has 0 spiro atoms. The number of amides is 2. The van der Waals surface area contributed by atoms with Crippen LogP contribution in [0.4, 0.5) is 5.69 Å². The highest BCUT2D eigenvalue weighted by Crippen LogP contribution is 2.38. The summed E-state index contributed by atoms with van der Waals surface area (Å²) in [5.74, 6) is -0.792. The topological polar surface area (TPSA) is 96.3 Å². The predicted octanol–water partition coefficient (Wildman–Crippen LogP) is 2.84. The summed E-state index contributed by atoms with van der Waals surface area (Å²) in [6, 6.07) is 13.2. The van der Waals surface area contributed by atoms with E-state index in [1.165, 1.54) is 18.7 Å². The SMILES string of the molecule is COc1ccc(N2N=C(c3ccc(C(C)=O)cc3)C3C(=O)N(CCCC(C)=O)C(=O)C32)cc1. The summed E-state index contributed by atoms with van der Waals surface area (Å²) < 4.78 is 5.22. The van der Waals surface area contributed by atoms with Gasteiger partial charge in [0.15, 0.2) is 5.78 Å². The number of methoxy groups -OCH3 is 1. The Morgan fingerprint density at radius 3 is 2.21 bits per heavy atom. The molecule has 2 aromatic carbocycles. The number of ether oxygens (including phenoxy) is 1. The third kappa shape index (κ3) is 4.16. The number of ketones is 2.